The Hall–Kier alpha value is -3.45. The molecular weight excluding hydrogens is 384 g/mol. The van der Waals surface area contributed by atoms with E-state index in [1.54, 1.807) is 18.2 Å². The van der Waals surface area contributed by atoms with Gasteiger partial charge in [0.15, 0.2) is 0 Å². The number of carboxylic acid groups (broad SMARTS) is 1. The summed E-state index contributed by atoms with van der Waals surface area (Å²) < 4.78 is 5.42. The molecule has 30 heavy (non-hydrogen) atoms. The Kier molecular flexibility index (Phi) is 6.64. The first-order chi connectivity index (χ1) is 14.3. The molecule has 1 aromatic heterocycles. The molecule has 2 aromatic carbocycles. The van der Waals surface area contributed by atoms with Crippen molar-refractivity contribution >= 4 is 22.8 Å². The number of aliphatic carboxylic acids is 1. The van der Waals surface area contributed by atoms with Gasteiger partial charge in [0.05, 0.1) is 5.56 Å². The van der Waals surface area contributed by atoms with Gasteiger partial charge in [0.25, 0.3) is 11.9 Å². The van der Waals surface area contributed by atoms with E-state index in [1.165, 1.54) is 0 Å². The van der Waals surface area contributed by atoms with Gasteiger partial charge in [0.1, 0.15) is 5.58 Å². The van der Waals surface area contributed by atoms with Crippen LogP contribution in [0.15, 0.2) is 63.8 Å². The molecule has 1 unspecified atom stereocenters. The third-order valence-electron chi connectivity index (χ3n) is 4.72. The first-order valence-corrected chi connectivity index (χ1v) is 9.70. The SMILES string of the molecule is CC(=O)O.CC1CN(C(=O)c2cccc(-c3cc4ccccc4oc3=O)c2)CCN1. The van der Waals surface area contributed by atoms with Crippen LogP contribution in [0.5, 0.6) is 0 Å². The number of rotatable bonds is 2. The van der Waals surface area contributed by atoms with Gasteiger partial charge in [-0.25, -0.2) is 4.79 Å². The largest absolute Gasteiger partial charge is 0.481 e. The van der Waals surface area contributed by atoms with Crippen molar-refractivity contribution in [3.63, 3.8) is 0 Å². The van der Waals surface area contributed by atoms with Crippen molar-refractivity contribution in [2.45, 2.75) is 19.9 Å². The summed E-state index contributed by atoms with van der Waals surface area (Å²) >= 11 is 0. The van der Waals surface area contributed by atoms with Gasteiger partial charge in [0, 0.05) is 43.5 Å². The monoisotopic (exact) mass is 408 g/mol. The molecule has 1 fully saturated rings. The van der Waals surface area contributed by atoms with Crippen LogP contribution in [0.1, 0.15) is 24.2 Å². The summed E-state index contributed by atoms with van der Waals surface area (Å²) in [6, 6.07) is 16.7. The highest BCUT2D eigenvalue weighted by molar-refractivity contribution is 5.96. The normalized spacial score (nSPS) is 15.9. The Balaban J connectivity index is 0.000000589. The van der Waals surface area contributed by atoms with Crippen molar-refractivity contribution in [3.05, 3.63) is 70.6 Å². The van der Waals surface area contributed by atoms with Gasteiger partial charge >= 0.3 is 5.63 Å². The summed E-state index contributed by atoms with van der Waals surface area (Å²) in [7, 11) is 0. The first kappa shape index (κ1) is 21.3. The van der Waals surface area contributed by atoms with E-state index < -0.39 is 11.6 Å². The summed E-state index contributed by atoms with van der Waals surface area (Å²) in [5, 5.41) is 11.6. The third-order valence-corrected chi connectivity index (χ3v) is 4.72. The molecule has 4 rings (SSSR count). The first-order valence-electron chi connectivity index (χ1n) is 9.70. The number of hydrogen-bond acceptors (Lipinski definition) is 5. The minimum absolute atomic E-state index is 0.00891. The van der Waals surface area contributed by atoms with Gasteiger partial charge in [-0.1, -0.05) is 30.3 Å². The number of carbonyl (C=O) groups is 2. The van der Waals surface area contributed by atoms with E-state index in [9.17, 15) is 9.59 Å². The smallest absolute Gasteiger partial charge is 0.344 e. The van der Waals surface area contributed by atoms with Crippen molar-refractivity contribution in [3.8, 4) is 11.1 Å². The Bertz CT molecular complexity index is 1120. The van der Waals surface area contributed by atoms with Gasteiger partial charge in [0.2, 0.25) is 0 Å². The fourth-order valence-corrected chi connectivity index (χ4v) is 3.38. The number of hydrogen-bond donors (Lipinski definition) is 2. The lowest BCUT2D eigenvalue weighted by Crippen LogP contribution is -2.51. The van der Waals surface area contributed by atoms with Crippen LogP contribution in [0.3, 0.4) is 0 Å². The number of para-hydroxylation sites is 1. The van der Waals surface area contributed by atoms with Crippen LogP contribution in [-0.4, -0.2) is 47.6 Å². The fraction of sp³-hybridized carbons (Fsp3) is 0.261. The number of fused-ring (bicyclic) bond motifs is 1. The molecule has 7 heteroatoms. The number of carbonyl (C=O) groups excluding carboxylic acids is 1. The van der Waals surface area contributed by atoms with Crippen molar-refractivity contribution in [2.75, 3.05) is 19.6 Å². The van der Waals surface area contributed by atoms with Crippen molar-refractivity contribution in [1.82, 2.24) is 10.2 Å². The zero-order chi connectivity index (χ0) is 21.7. The van der Waals surface area contributed by atoms with Gasteiger partial charge in [-0.2, -0.15) is 0 Å². The second kappa shape index (κ2) is 9.37. The quantitative estimate of drug-likeness (QED) is 0.633. The Morgan fingerprint density at radius 2 is 1.87 bits per heavy atom. The van der Waals surface area contributed by atoms with Crippen LogP contribution < -0.4 is 10.9 Å². The van der Waals surface area contributed by atoms with Crippen LogP contribution >= 0.6 is 0 Å². The van der Waals surface area contributed by atoms with Crippen LogP contribution in [0.25, 0.3) is 22.1 Å². The number of nitrogens with one attached hydrogen (secondary N) is 1. The average molecular weight is 408 g/mol. The van der Waals surface area contributed by atoms with E-state index in [4.69, 9.17) is 14.3 Å². The van der Waals surface area contributed by atoms with Gasteiger partial charge in [-0.15, -0.1) is 0 Å². The molecule has 1 atom stereocenters. The minimum atomic E-state index is -0.833. The number of benzene rings is 2. The molecule has 1 aliphatic heterocycles. The Labute approximate surface area is 173 Å². The standard InChI is InChI=1S/C21H20N2O3.C2H4O2/c1-14-13-23(10-9-22-14)20(24)17-7-4-6-15(11-17)18-12-16-5-2-3-8-19(16)26-21(18)25;1-2(3)4/h2-8,11-12,14,22H,9-10,13H2,1H3;1H3,(H,3,4). The van der Waals surface area contributed by atoms with E-state index in [2.05, 4.69) is 12.2 Å². The zero-order valence-electron chi connectivity index (χ0n) is 16.9. The van der Waals surface area contributed by atoms with Crippen LogP contribution in [0.4, 0.5) is 0 Å². The predicted molar refractivity (Wildman–Crippen MR) is 115 cm³/mol. The number of nitrogens with zero attached hydrogens (tertiary/aromatic N) is 1. The maximum Gasteiger partial charge on any atom is 0.344 e. The van der Waals surface area contributed by atoms with Crippen LogP contribution in [-0.2, 0) is 4.79 Å². The molecule has 0 saturated carbocycles. The van der Waals surface area contributed by atoms with Gasteiger partial charge in [-0.05, 0) is 36.8 Å². The van der Waals surface area contributed by atoms with E-state index in [-0.39, 0.29) is 11.9 Å². The highest BCUT2D eigenvalue weighted by Gasteiger charge is 2.22. The molecule has 156 valence electrons. The molecule has 3 aromatic rings. The second-order valence-electron chi connectivity index (χ2n) is 7.19. The summed E-state index contributed by atoms with van der Waals surface area (Å²) in [4.78, 5) is 36.1. The average Bonchev–Trinajstić information content (AvgIpc) is 2.72. The second-order valence-corrected chi connectivity index (χ2v) is 7.19. The number of carboxylic acids is 1. The Morgan fingerprint density at radius 1 is 1.13 bits per heavy atom. The molecule has 0 bridgehead atoms. The zero-order valence-corrected chi connectivity index (χ0v) is 16.9. The lowest BCUT2D eigenvalue weighted by molar-refractivity contribution is -0.134. The van der Waals surface area contributed by atoms with E-state index >= 15 is 0 Å². The predicted octanol–water partition coefficient (Wildman–Crippen LogP) is 2.98. The van der Waals surface area contributed by atoms with Gasteiger partial charge < -0.3 is 19.7 Å². The number of piperazine rings is 1. The highest BCUT2D eigenvalue weighted by Crippen LogP contribution is 2.22. The topological polar surface area (TPSA) is 99.8 Å². The molecule has 0 aliphatic carbocycles. The van der Waals surface area contributed by atoms with E-state index in [1.807, 2.05) is 41.3 Å². The van der Waals surface area contributed by atoms with Crippen molar-refractivity contribution in [2.24, 2.45) is 0 Å². The molecular formula is C23H24N2O5. The van der Waals surface area contributed by atoms with Crippen molar-refractivity contribution in [1.29, 1.82) is 0 Å². The van der Waals surface area contributed by atoms with Crippen LogP contribution in [0.2, 0.25) is 0 Å². The molecule has 1 saturated heterocycles. The summed E-state index contributed by atoms with van der Waals surface area (Å²) in [6.07, 6.45) is 0. The molecule has 2 heterocycles. The maximum absolute atomic E-state index is 12.8. The summed E-state index contributed by atoms with van der Waals surface area (Å²) in [6.45, 7) is 5.31. The number of amides is 1. The summed E-state index contributed by atoms with van der Waals surface area (Å²) in [5.74, 6) is -0.842. The maximum atomic E-state index is 12.8. The molecule has 1 amide bonds. The lowest BCUT2D eigenvalue weighted by Gasteiger charge is -2.32. The fourth-order valence-electron chi connectivity index (χ4n) is 3.38. The minimum Gasteiger partial charge on any atom is -0.481 e. The molecule has 0 radical (unpaired) electrons. The van der Waals surface area contributed by atoms with E-state index in [0.29, 0.717) is 35.4 Å². The van der Waals surface area contributed by atoms with E-state index in [0.717, 1.165) is 18.9 Å². The summed E-state index contributed by atoms with van der Waals surface area (Å²) in [5.41, 5.74) is 1.90. The molecule has 0 spiro atoms. The van der Waals surface area contributed by atoms with Crippen LogP contribution in [0, 0.1) is 0 Å². The third kappa shape index (κ3) is 5.12. The van der Waals surface area contributed by atoms with Gasteiger partial charge in [-0.3, -0.25) is 9.59 Å². The Morgan fingerprint density at radius 3 is 2.60 bits per heavy atom. The molecule has 7 nitrogen and oxygen atoms in total. The molecule has 1 aliphatic rings. The lowest BCUT2D eigenvalue weighted by atomic mass is 10.0. The van der Waals surface area contributed by atoms with Crippen molar-refractivity contribution < 1.29 is 19.1 Å². The molecule has 2 N–H and O–H groups in total. The highest BCUT2D eigenvalue weighted by atomic mass is 16.4.